The number of carbonyl (C=O) groups is 2. The van der Waals surface area contributed by atoms with Crippen LogP contribution in [-0.4, -0.2) is 11.8 Å². The number of imide groups is 1. The second kappa shape index (κ2) is 7.70. The van der Waals surface area contributed by atoms with Crippen molar-refractivity contribution in [3.63, 3.8) is 0 Å². The molecule has 1 aromatic heterocycles. The van der Waals surface area contributed by atoms with Crippen LogP contribution in [0.2, 0.25) is 0 Å². The van der Waals surface area contributed by atoms with Crippen LogP contribution in [0.15, 0.2) is 65.7 Å². The van der Waals surface area contributed by atoms with Crippen molar-refractivity contribution in [1.82, 2.24) is 0 Å². The van der Waals surface area contributed by atoms with Crippen LogP contribution >= 0.6 is 11.3 Å². The number of aryl methyl sites for hydroxylation is 2. The van der Waals surface area contributed by atoms with Crippen molar-refractivity contribution in [1.29, 1.82) is 0 Å². The number of amides is 2. The zero-order valence-electron chi connectivity index (χ0n) is 16.6. The first-order valence-electron chi connectivity index (χ1n) is 9.35. The lowest BCUT2D eigenvalue weighted by molar-refractivity contribution is -0.137. The highest BCUT2D eigenvalue weighted by Crippen LogP contribution is 2.37. The van der Waals surface area contributed by atoms with Gasteiger partial charge in [-0.05, 0) is 66.8 Å². The Balaban J connectivity index is 1.79. The van der Waals surface area contributed by atoms with E-state index in [9.17, 15) is 22.8 Å². The Morgan fingerprint density at radius 3 is 2.32 bits per heavy atom. The maximum atomic E-state index is 13.3. The van der Waals surface area contributed by atoms with E-state index in [2.05, 4.69) is 5.32 Å². The molecule has 2 heterocycles. The van der Waals surface area contributed by atoms with E-state index in [1.807, 2.05) is 19.9 Å². The Morgan fingerprint density at radius 2 is 1.68 bits per heavy atom. The van der Waals surface area contributed by atoms with Gasteiger partial charge in [-0.15, -0.1) is 11.3 Å². The van der Waals surface area contributed by atoms with E-state index in [0.717, 1.165) is 28.2 Å². The van der Waals surface area contributed by atoms with E-state index in [1.54, 1.807) is 29.6 Å². The van der Waals surface area contributed by atoms with Gasteiger partial charge in [0.1, 0.15) is 5.70 Å². The minimum Gasteiger partial charge on any atom is -0.350 e. The van der Waals surface area contributed by atoms with Crippen LogP contribution in [0.5, 0.6) is 0 Å². The van der Waals surface area contributed by atoms with Crippen LogP contribution in [0.1, 0.15) is 21.6 Å². The Hall–Kier alpha value is -3.39. The SMILES string of the molecule is Cc1ccc(N2C(=O)C(Nc3cccc(C(F)(F)F)c3)=C(c3cccs3)C2=O)cc1C. The molecule has 0 bridgehead atoms. The third-order valence-electron chi connectivity index (χ3n) is 5.06. The van der Waals surface area contributed by atoms with Gasteiger partial charge in [0.15, 0.2) is 0 Å². The van der Waals surface area contributed by atoms with Gasteiger partial charge in [0.2, 0.25) is 0 Å². The average Bonchev–Trinajstić information content (AvgIpc) is 3.31. The van der Waals surface area contributed by atoms with E-state index in [1.165, 1.54) is 23.5 Å². The lowest BCUT2D eigenvalue weighted by Crippen LogP contribution is -2.32. The van der Waals surface area contributed by atoms with Gasteiger partial charge in [0.25, 0.3) is 11.8 Å². The number of carbonyl (C=O) groups excluding carboxylic acids is 2. The zero-order chi connectivity index (χ0) is 22.3. The van der Waals surface area contributed by atoms with Crippen molar-refractivity contribution in [2.24, 2.45) is 0 Å². The van der Waals surface area contributed by atoms with E-state index in [0.29, 0.717) is 10.6 Å². The molecule has 1 aliphatic rings. The number of alkyl halides is 3. The summed E-state index contributed by atoms with van der Waals surface area (Å²) in [6, 6.07) is 13.2. The third kappa shape index (κ3) is 3.86. The van der Waals surface area contributed by atoms with E-state index >= 15 is 0 Å². The van der Waals surface area contributed by atoms with Gasteiger partial charge < -0.3 is 5.32 Å². The highest BCUT2D eigenvalue weighted by atomic mass is 32.1. The molecule has 3 aromatic rings. The topological polar surface area (TPSA) is 49.4 Å². The quantitative estimate of drug-likeness (QED) is 0.521. The number of anilines is 2. The van der Waals surface area contributed by atoms with E-state index in [-0.39, 0.29) is 17.0 Å². The molecule has 0 spiro atoms. The largest absolute Gasteiger partial charge is 0.416 e. The first-order valence-corrected chi connectivity index (χ1v) is 10.2. The minimum atomic E-state index is -4.52. The van der Waals surface area contributed by atoms with Gasteiger partial charge in [0, 0.05) is 10.6 Å². The number of thiophene rings is 1. The first-order chi connectivity index (χ1) is 14.7. The Bertz CT molecular complexity index is 1210. The molecule has 4 rings (SSSR count). The molecule has 0 aliphatic carbocycles. The van der Waals surface area contributed by atoms with Gasteiger partial charge in [-0.1, -0.05) is 18.2 Å². The zero-order valence-corrected chi connectivity index (χ0v) is 17.4. The second-order valence-corrected chi connectivity index (χ2v) is 8.09. The summed E-state index contributed by atoms with van der Waals surface area (Å²) in [5, 5.41) is 4.54. The van der Waals surface area contributed by atoms with Crippen LogP contribution in [0.4, 0.5) is 24.5 Å². The summed E-state index contributed by atoms with van der Waals surface area (Å²) in [5.41, 5.74) is 1.64. The summed E-state index contributed by atoms with van der Waals surface area (Å²) < 4.78 is 39.3. The summed E-state index contributed by atoms with van der Waals surface area (Å²) in [6.07, 6.45) is -4.52. The smallest absolute Gasteiger partial charge is 0.350 e. The van der Waals surface area contributed by atoms with Crippen molar-refractivity contribution >= 4 is 40.1 Å². The molecule has 4 nitrogen and oxygen atoms in total. The number of rotatable bonds is 4. The van der Waals surface area contributed by atoms with Crippen molar-refractivity contribution in [2.75, 3.05) is 10.2 Å². The second-order valence-electron chi connectivity index (χ2n) is 7.15. The van der Waals surface area contributed by atoms with Gasteiger partial charge in [0.05, 0.1) is 16.8 Å². The number of hydrogen-bond acceptors (Lipinski definition) is 4. The van der Waals surface area contributed by atoms with Crippen molar-refractivity contribution < 1.29 is 22.8 Å². The third-order valence-corrected chi connectivity index (χ3v) is 5.95. The summed E-state index contributed by atoms with van der Waals surface area (Å²) >= 11 is 1.27. The molecule has 158 valence electrons. The molecule has 8 heteroatoms. The lowest BCUT2D eigenvalue weighted by atomic mass is 10.1. The molecule has 2 amide bonds. The van der Waals surface area contributed by atoms with Crippen molar-refractivity contribution in [3.05, 3.63) is 87.2 Å². The number of nitrogens with zero attached hydrogens (tertiary/aromatic N) is 1. The summed E-state index contributed by atoms with van der Waals surface area (Å²) in [5.74, 6) is -1.14. The molecule has 0 saturated heterocycles. The first kappa shape index (κ1) is 20.9. The predicted molar refractivity (Wildman–Crippen MR) is 115 cm³/mol. The summed E-state index contributed by atoms with van der Waals surface area (Å²) in [4.78, 5) is 28.2. The average molecular weight is 442 g/mol. The van der Waals surface area contributed by atoms with Gasteiger partial charge in [-0.2, -0.15) is 13.2 Å². The summed E-state index contributed by atoms with van der Waals surface area (Å²) in [7, 11) is 0. The fourth-order valence-electron chi connectivity index (χ4n) is 3.31. The number of hydrogen-bond donors (Lipinski definition) is 1. The Kier molecular flexibility index (Phi) is 5.18. The lowest BCUT2D eigenvalue weighted by Gasteiger charge is -2.17. The molecule has 1 aliphatic heterocycles. The molecule has 0 unspecified atom stereocenters. The standard InChI is InChI=1S/C23H17F3N2O2S/c1-13-8-9-17(11-14(13)2)28-21(29)19(18-7-4-10-31-18)20(22(28)30)27-16-6-3-5-15(12-16)23(24,25)26/h3-12,27H,1-2H3. The van der Waals surface area contributed by atoms with Crippen LogP contribution in [-0.2, 0) is 15.8 Å². The molecule has 0 radical (unpaired) electrons. The van der Waals surface area contributed by atoms with Gasteiger partial charge in [-0.3, -0.25) is 9.59 Å². The Morgan fingerprint density at radius 1 is 0.903 bits per heavy atom. The molecule has 1 N–H and O–H groups in total. The molecule has 2 aromatic carbocycles. The molecule has 0 atom stereocenters. The predicted octanol–water partition coefficient (Wildman–Crippen LogP) is 5.78. The number of nitrogens with one attached hydrogen (secondary N) is 1. The molecular formula is C23H17F3N2O2S. The van der Waals surface area contributed by atoms with Crippen LogP contribution in [0.25, 0.3) is 5.57 Å². The molecular weight excluding hydrogens is 425 g/mol. The van der Waals surface area contributed by atoms with E-state index in [4.69, 9.17) is 0 Å². The van der Waals surface area contributed by atoms with Crippen LogP contribution < -0.4 is 10.2 Å². The molecule has 0 fully saturated rings. The fourth-order valence-corrected chi connectivity index (χ4v) is 4.08. The molecule has 0 saturated carbocycles. The summed E-state index contributed by atoms with van der Waals surface area (Å²) in [6.45, 7) is 3.79. The van der Waals surface area contributed by atoms with Crippen LogP contribution in [0, 0.1) is 13.8 Å². The highest BCUT2D eigenvalue weighted by molar-refractivity contribution is 7.11. The van der Waals surface area contributed by atoms with E-state index < -0.39 is 23.6 Å². The van der Waals surface area contributed by atoms with Crippen molar-refractivity contribution in [3.8, 4) is 0 Å². The highest BCUT2D eigenvalue weighted by Gasteiger charge is 2.41. The molecule has 31 heavy (non-hydrogen) atoms. The maximum Gasteiger partial charge on any atom is 0.416 e. The fraction of sp³-hybridized carbons (Fsp3) is 0.130. The number of benzene rings is 2. The monoisotopic (exact) mass is 442 g/mol. The normalized spacial score (nSPS) is 14.5. The minimum absolute atomic E-state index is 0.0509. The maximum absolute atomic E-state index is 13.3. The number of halogens is 3. The van der Waals surface area contributed by atoms with Crippen LogP contribution in [0.3, 0.4) is 0 Å². The Labute approximate surface area is 180 Å². The van der Waals surface area contributed by atoms with Gasteiger partial charge in [-0.25, -0.2) is 4.90 Å². The van der Waals surface area contributed by atoms with Crippen molar-refractivity contribution in [2.45, 2.75) is 20.0 Å². The van der Waals surface area contributed by atoms with Gasteiger partial charge >= 0.3 is 6.18 Å².